The van der Waals surface area contributed by atoms with E-state index in [0.717, 1.165) is 11.1 Å². The fourth-order valence-electron chi connectivity index (χ4n) is 5.86. The molecule has 35 heavy (non-hydrogen) atoms. The number of hydrogen-bond acceptors (Lipinski definition) is 5. The number of carbonyl (C=O) groups is 4. The highest BCUT2D eigenvalue weighted by Gasteiger charge is 2.74. The zero-order valence-electron chi connectivity index (χ0n) is 19.3. The fourth-order valence-corrected chi connectivity index (χ4v) is 5.86. The van der Waals surface area contributed by atoms with Gasteiger partial charge in [-0.1, -0.05) is 84.4 Å². The molecule has 1 spiro atoms. The second-order valence-corrected chi connectivity index (χ2v) is 9.53. The van der Waals surface area contributed by atoms with Crippen LogP contribution in [0.4, 0.5) is 0 Å². The van der Waals surface area contributed by atoms with E-state index in [1.165, 1.54) is 4.90 Å². The topological polar surface area (TPSA) is 80.8 Å². The summed E-state index contributed by atoms with van der Waals surface area (Å²) in [4.78, 5) is 56.6. The van der Waals surface area contributed by atoms with Crippen molar-refractivity contribution in [2.24, 2.45) is 11.8 Å². The summed E-state index contributed by atoms with van der Waals surface area (Å²) in [5, 5.41) is 0. The molecule has 1 aliphatic carbocycles. The van der Waals surface area contributed by atoms with Crippen molar-refractivity contribution in [3.63, 3.8) is 0 Å². The first-order chi connectivity index (χ1) is 16.9. The number of aryl methyl sites for hydroxylation is 1. The van der Waals surface area contributed by atoms with Gasteiger partial charge in [0.2, 0.25) is 29.0 Å². The molecule has 3 aliphatic rings. The molecule has 2 fully saturated rings. The molecule has 0 saturated carbocycles. The van der Waals surface area contributed by atoms with Gasteiger partial charge in [0, 0.05) is 11.1 Å². The minimum absolute atomic E-state index is 0.232. The van der Waals surface area contributed by atoms with Gasteiger partial charge in [-0.2, -0.15) is 0 Å². The SMILES string of the molecule is Cc1ccc(C2OC3(C(=O)c4ccccc4C3=O)C3C(=O)N(C(C)c4ccccc4)C(=O)C23)cc1. The van der Waals surface area contributed by atoms with Crippen molar-refractivity contribution in [1.29, 1.82) is 0 Å². The molecular weight excluding hydrogens is 442 g/mol. The Morgan fingerprint density at radius 3 is 1.94 bits per heavy atom. The first kappa shape index (κ1) is 21.6. The molecule has 2 heterocycles. The van der Waals surface area contributed by atoms with E-state index in [4.69, 9.17) is 4.74 Å². The van der Waals surface area contributed by atoms with E-state index in [-0.39, 0.29) is 11.1 Å². The maximum Gasteiger partial charge on any atom is 0.237 e. The molecule has 2 aliphatic heterocycles. The van der Waals surface area contributed by atoms with E-state index >= 15 is 0 Å². The van der Waals surface area contributed by atoms with Crippen molar-refractivity contribution < 1.29 is 23.9 Å². The number of likely N-dealkylation sites (tertiary alicyclic amines) is 1. The van der Waals surface area contributed by atoms with Gasteiger partial charge in [0.15, 0.2) is 0 Å². The minimum atomic E-state index is -2.04. The van der Waals surface area contributed by atoms with Gasteiger partial charge < -0.3 is 4.74 Å². The molecule has 3 aromatic rings. The molecule has 2 amide bonds. The Balaban J connectivity index is 1.51. The lowest BCUT2D eigenvalue weighted by molar-refractivity contribution is -0.147. The molecule has 6 heteroatoms. The Labute approximate surface area is 202 Å². The van der Waals surface area contributed by atoms with Gasteiger partial charge >= 0.3 is 0 Å². The number of ether oxygens (including phenoxy) is 1. The van der Waals surface area contributed by atoms with E-state index in [2.05, 4.69) is 0 Å². The second-order valence-electron chi connectivity index (χ2n) is 9.53. The van der Waals surface area contributed by atoms with Crippen LogP contribution in [0.1, 0.15) is 56.5 Å². The van der Waals surface area contributed by atoms with Crippen LogP contribution in [-0.4, -0.2) is 33.9 Å². The number of carbonyl (C=O) groups excluding carboxylic acids is 4. The van der Waals surface area contributed by atoms with Crippen LogP contribution in [0.3, 0.4) is 0 Å². The lowest BCUT2D eigenvalue weighted by Gasteiger charge is -2.30. The van der Waals surface area contributed by atoms with E-state index in [9.17, 15) is 19.2 Å². The van der Waals surface area contributed by atoms with Crippen molar-refractivity contribution in [2.45, 2.75) is 31.6 Å². The number of hydrogen-bond donors (Lipinski definition) is 0. The van der Waals surface area contributed by atoms with Crippen LogP contribution < -0.4 is 0 Å². The summed E-state index contributed by atoms with van der Waals surface area (Å²) in [5.41, 5.74) is 0.900. The third-order valence-corrected chi connectivity index (χ3v) is 7.63. The molecule has 0 aromatic heterocycles. The molecule has 3 aromatic carbocycles. The first-order valence-electron chi connectivity index (χ1n) is 11.7. The van der Waals surface area contributed by atoms with Crippen LogP contribution >= 0.6 is 0 Å². The summed E-state index contributed by atoms with van der Waals surface area (Å²) in [7, 11) is 0. The van der Waals surface area contributed by atoms with Crippen molar-refractivity contribution in [3.05, 3.63) is 107 Å². The number of Topliss-reactive ketones (excluding diaryl/α,β-unsaturated/α-hetero) is 2. The number of imide groups is 1. The average Bonchev–Trinajstić information content (AvgIpc) is 3.44. The summed E-state index contributed by atoms with van der Waals surface area (Å²) in [5.74, 6) is -4.24. The van der Waals surface area contributed by atoms with Crippen molar-refractivity contribution >= 4 is 23.4 Å². The minimum Gasteiger partial charge on any atom is -0.349 e. The van der Waals surface area contributed by atoms with Gasteiger partial charge in [-0.25, -0.2) is 0 Å². The number of amides is 2. The third kappa shape index (κ3) is 2.80. The maximum absolute atomic E-state index is 14.0. The van der Waals surface area contributed by atoms with Crippen LogP contribution in [-0.2, 0) is 14.3 Å². The molecule has 4 unspecified atom stereocenters. The van der Waals surface area contributed by atoms with Crippen LogP contribution in [0.2, 0.25) is 0 Å². The predicted molar refractivity (Wildman–Crippen MR) is 127 cm³/mol. The van der Waals surface area contributed by atoms with Gasteiger partial charge in [-0.15, -0.1) is 0 Å². The summed E-state index contributed by atoms with van der Waals surface area (Å²) in [6.07, 6.45) is -0.896. The molecule has 2 saturated heterocycles. The van der Waals surface area contributed by atoms with Crippen LogP contribution in [0.15, 0.2) is 78.9 Å². The maximum atomic E-state index is 14.0. The van der Waals surface area contributed by atoms with Crippen LogP contribution in [0.5, 0.6) is 0 Å². The Morgan fingerprint density at radius 1 is 0.771 bits per heavy atom. The zero-order valence-corrected chi connectivity index (χ0v) is 19.3. The van der Waals surface area contributed by atoms with Gasteiger partial charge in [0.05, 0.1) is 24.0 Å². The second kappa shape index (κ2) is 7.55. The standard InChI is InChI=1S/C29H23NO5/c1-16-12-14-19(15-13-16)24-22-23(28(34)30(27(22)33)17(2)18-8-4-3-5-9-18)29(35-24)25(31)20-10-6-7-11-21(20)26(29)32/h3-15,17,22-24H,1-2H3. The molecule has 0 radical (unpaired) electrons. The Bertz CT molecular complexity index is 1360. The lowest BCUT2D eigenvalue weighted by atomic mass is 9.77. The highest BCUT2D eigenvalue weighted by atomic mass is 16.5. The first-order valence-corrected chi connectivity index (χ1v) is 11.7. The molecular formula is C29H23NO5. The summed E-state index contributed by atoms with van der Waals surface area (Å²) < 4.78 is 6.32. The number of benzene rings is 3. The largest absolute Gasteiger partial charge is 0.349 e. The number of ketones is 2. The van der Waals surface area contributed by atoms with Crippen LogP contribution in [0.25, 0.3) is 0 Å². The fraction of sp³-hybridized carbons (Fsp3) is 0.241. The van der Waals surface area contributed by atoms with E-state index < -0.39 is 53.0 Å². The molecule has 6 nitrogen and oxygen atoms in total. The quantitative estimate of drug-likeness (QED) is 0.427. The monoisotopic (exact) mass is 465 g/mol. The Hall–Kier alpha value is -3.90. The molecule has 6 rings (SSSR count). The number of nitrogens with zero attached hydrogens (tertiary/aromatic N) is 1. The molecule has 0 bridgehead atoms. The van der Waals surface area contributed by atoms with E-state index in [1.807, 2.05) is 61.5 Å². The lowest BCUT2D eigenvalue weighted by Crippen LogP contribution is -2.51. The van der Waals surface area contributed by atoms with Gasteiger partial charge in [0.1, 0.15) is 0 Å². The molecule has 0 N–H and O–H groups in total. The Morgan fingerprint density at radius 2 is 1.34 bits per heavy atom. The molecule has 174 valence electrons. The van der Waals surface area contributed by atoms with E-state index in [1.54, 1.807) is 31.2 Å². The summed E-state index contributed by atoms with van der Waals surface area (Å²) in [6, 6.07) is 22.6. The average molecular weight is 466 g/mol. The summed E-state index contributed by atoms with van der Waals surface area (Å²) >= 11 is 0. The highest BCUT2D eigenvalue weighted by Crippen LogP contribution is 2.58. The van der Waals surface area contributed by atoms with Crippen molar-refractivity contribution in [1.82, 2.24) is 4.90 Å². The van der Waals surface area contributed by atoms with Gasteiger partial charge in [-0.3, -0.25) is 24.1 Å². The van der Waals surface area contributed by atoms with Gasteiger partial charge in [-0.05, 0) is 25.0 Å². The Kier molecular flexibility index (Phi) is 4.66. The van der Waals surface area contributed by atoms with Crippen LogP contribution in [0, 0.1) is 18.8 Å². The molecule has 4 atom stereocenters. The number of rotatable bonds is 3. The predicted octanol–water partition coefficient (Wildman–Crippen LogP) is 4.25. The van der Waals surface area contributed by atoms with Crippen molar-refractivity contribution in [3.8, 4) is 0 Å². The highest BCUT2D eigenvalue weighted by molar-refractivity contribution is 6.35. The number of fused-ring (bicyclic) bond motifs is 3. The van der Waals surface area contributed by atoms with Crippen molar-refractivity contribution in [2.75, 3.05) is 0 Å². The van der Waals surface area contributed by atoms with Gasteiger partial charge in [0.25, 0.3) is 0 Å². The zero-order chi connectivity index (χ0) is 24.5. The third-order valence-electron chi connectivity index (χ3n) is 7.63. The smallest absolute Gasteiger partial charge is 0.237 e. The van der Waals surface area contributed by atoms with E-state index in [0.29, 0.717) is 5.56 Å². The normalized spacial score (nSPS) is 25.3. The summed E-state index contributed by atoms with van der Waals surface area (Å²) in [6.45, 7) is 3.73.